The topological polar surface area (TPSA) is 33.5 Å². The molecule has 6 aromatic carbocycles. The Morgan fingerprint density at radius 2 is 1.11 bits per heavy atom. The van der Waals surface area contributed by atoms with Gasteiger partial charge in [0.15, 0.2) is 0 Å². The zero-order valence-electron chi connectivity index (χ0n) is 38.3. The van der Waals surface area contributed by atoms with Crippen LogP contribution in [0.3, 0.4) is 0 Å². The second-order valence-corrected chi connectivity index (χ2v) is 20.7. The van der Waals surface area contributed by atoms with Crippen LogP contribution in [0.2, 0.25) is 0 Å². The normalized spacial score (nSPS) is 13.6. The van der Waals surface area contributed by atoms with Gasteiger partial charge in [0.1, 0.15) is 24.0 Å². The number of nitrogens with zero attached hydrogens (tertiary/aromatic N) is 4. The van der Waals surface area contributed by atoms with Gasteiger partial charge in [-0.15, -0.1) is 0 Å². The Hall–Kier alpha value is -6.33. The fourth-order valence-electron chi connectivity index (χ4n) is 9.08. The number of aromatic nitrogens is 2. The van der Waals surface area contributed by atoms with Crippen molar-refractivity contribution in [3.8, 4) is 17.3 Å². The van der Waals surface area contributed by atoms with E-state index in [0.717, 1.165) is 34.0 Å². The second kappa shape index (κ2) is 14.9. The van der Waals surface area contributed by atoms with E-state index in [-0.39, 0.29) is 21.7 Å². The summed E-state index contributed by atoms with van der Waals surface area (Å²) in [5, 5.41) is 2.45. The molecular formula is C57H60N4O. The molecule has 5 heteroatoms. The maximum Gasteiger partial charge on any atom is 0.137 e. The molecule has 0 amide bonds. The minimum Gasteiger partial charge on any atom is -0.457 e. The third-order valence-electron chi connectivity index (χ3n) is 12.8. The highest BCUT2D eigenvalue weighted by Gasteiger charge is 2.32. The van der Waals surface area contributed by atoms with Crippen molar-refractivity contribution < 1.29 is 4.74 Å². The van der Waals surface area contributed by atoms with Gasteiger partial charge in [-0.1, -0.05) is 149 Å². The average molecular weight is 817 g/mol. The van der Waals surface area contributed by atoms with E-state index in [1.54, 1.807) is 0 Å². The van der Waals surface area contributed by atoms with E-state index < -0.39 is 0 Å². The number of rotatable bonds is 7. The number of ether oxygens (including phenoxy) is 1. The number of fused-ring (bicyclic) bond motifs is 4. The molecule has 0 unspecified atom stereocenters. The molecule has 1 aliphatic heterocycles. The predicted octanol–water partition coefficient (Wildman–Crippen LogP) is 15.4. The number of anilines is 4. The molecule has 3 heterocycles. The van der Waals surface area contributed by atoms with Crippen molar-refractivity contribution in [3.63, 3.8) is 0 Å². The Morgan fingerprint density at radius 1 is 0.468 bits per heavy atom. The van der Waals surface area contributed by atoms with Gasteiger partial charge in [-0.05, 0) is 105 Å². The van der Waals surface area contributed by atoms with Crippen molar-refractivity contribution in [3.05, 3.63) is 180 Å². The van der Waals surface area contributed by atoms with Crippen LogP contribution in [-0.4, -0.2) is 16.2 Å². The highest BCUT2D eigenvalue weighted by molar-refractivity contribution is 6.11. The summed E-state index contributed by atoms with van der Waals surface area (Å²) in [6.07, 6.45) is 1.94. The Morgan fingerprint density at radius 3 is 1.84 bits per heavy atom. The maximum absolute atomic E-state index is 6.99. The van der Waals surface area contributed by atoms with Crippen LogP contribution in [0.25, 0.3) is 27.6 Å². The molecule has 0 fully saturated rings. The Bertz CT molecular complexity index is 2950. The molecule has 0 aliphatic carbocycles. The van der Waals surface area contributed by atoms with Gasteiger partial charge in [-0.3, -0.25) is 4.57 Å². The van der Waals surface area contributed by atoms with Gasteiger partial charge in [-0.2, -0.15) is 0 Å². The predicted molar refractivity (Wildman–Crippen MR) is 262 cm³/mol. The molecule has 8 aromatic rings. The average Bonchev–Trinajstić information content (AvgIpc) is 3.79. The fourth-order valence-corrected chi connectivity index (χ4v) is 9.08. The SMILES string of the molecule is CC(C)(C)c1ccnc(-n2c3ccccc3c3c(C(C)(C)C)cc(Oc4cccc(N5CN(c6cccc(C(C)(C)c7ccccc7)c6)c6ccc(C(C)(C)C)cc65)c4)cc32)c1. The molecule has 0 bridgehead atoms. The molecule has 314 valence electrons. The lowest BCUT2D eigenvalue weighted by atomic mass is 9.78. The van der Waals surface area contributed by atoms with Gasteiger partial charge >= 0.3 is 0 Å². The highest BCUT2D eigenvalue weighted by Crippen LogP contribution is 2.48. The van der Waals surface area contributed by atoms with Crippen LogP contribution in [0.1, 0.15) is 104 Å². The van der Waals surface area contributed by atoms with Gasteiger partial charge < -0.3 is 14.5 Å². The van der Waals surface area contributed by atoms with Gasteiger partial charge in [0.25, 0.3) is 0 Å². The van der Waals surface area contributed by atoms with E-state index in [1.165, 1.54) is 55.7 Å². The smallest absolute Gasteiger partial charge is 0.137 e. The molecule has 0 radical (unpaired) electrons. The van der Waals surface area contributed by atoms with Gasteiger partial charge in [0.05, 0.1) is 22.4 Å². The summed E-state index contributed by atoms with van der Waals surface area (Å²) >= 11 is 0. The summed E-state index contributed by atoms with van der Waals surface area (Å²) in [6.45, 7) is 25.8. The monoisotopic (exact) mass is 816 g/mol. The van der Waals surface area contributed by atoms with Crippen molar-refractivity contribution in [2.24, 2.45) is 0 Å². The van der Waals surface area contributed by atoms with Gasteiger partial charge in [0.2, 0.25) is 0 Å². The van der Waals surface area contributed by atoms with Gasteiger partial charge in [0, 0.05) is 45.9 Å². The summed E-state index contributed by atoms with van der Waals surface area (Å²) in [4.78, 5) is 9.85. The third kappa shape index (κ3) is 7.42. The summed E-state index contributed by atoms with van der Waals surface area (Å²) < 4.78 is 9.30. The largest absolute Gasteiger partial charge is 0.457 e. The lowest BCUT2D eigenvalue weighted by Crippen LogP contribution is -2.25. The fraction of sp³-hybridized carbons (Fsp3) is 0.281. The Balaban J connectivity index is 1.13. The number of hydrogen-bond acceptors (Lipinski definition) is 4. The van der Waals surface area contributed by atoms with Crippen molar-refractivity contribution in [2.75, 3.05) is 16.5 Å². The van der Waals surface area contributed by atoms with E-state index >= 15 is 0 Å². The first kappa shape index (κ1) is 41.0. The first-order valence-electron chi connectivity index (χ1n) is 22.1. The zero-order valence-corrected chi connectivity index (χ0v) is 38.3. The lowest BCUT2D eigenvalue weighted by Gasteiger charge is -2.28. The van der Waals surface area contributed by atoms with Crippen molar-refractivity contribution in [2.45, 2.75) is 97.8 Å². The zero-order chi connectivity index (χ0) is 43.8. The van der Waals surface area contributed by atoms with Crippen LogP contribution < -0.4 is 14.5 Å². The summed E-state index contributed by atoms with van der Waals surface area (Å²) in [6, 6.07) is 53.0. The molecular weight excluding hydrogens is 757 g/mol. The number of pyridine rings is 1. The molecule has 9 rings (SSSR count). The minimum absolute atomic E-state index is 0.00580. The Kier molecular flexibility index (Phi) is 9.89. The molecule has 0 saturated carbocycles. The molecule has 0 saturated heterocycles. The van der Waals surface area contributed by atoms with E-state index in [9.17, 15) is 0 Å². The summed E-state index contributed by atoms with van der Waals surface area (Å²) in [5.74, 6) is 2.49. The minimum atomic E-state index is -0.157. The number of hydrogen-bond donors (Lipinski definition) is 0. The first-order valence-corrected chi connectivity index (χ1v) is 22.1. The van der Waals surface area contributed by atoms with Crippen molar-refractivity contribution in [1.82, 2.24) is 9.55 Å². The van der Waals surface area contributed by atoms with Crippen LogP contribution in [0.15, 0.2) is 152 Å². The molecule has 5 nitrogen and oxygen atoms in total. The first-order chi connectivity index (χ1) is 29.4. The molecule has 2 aromatic heterocycles. The van der Waals surface area contributed by atoms with Gasteiger partial charge in [-0.25, -0.2) is 4.98 Å². The quantitative estimate of drug-likeness (QED) is 0.160. The third-order valence-corrected chi connectivity index (χ3v) is 12.8. The number of para-hydroxylation sites is 1. The van der Waals surface area contributed by atoms with Crippen molar-refractivity contribution in [1.29, 1.82) is 0 Å². The summed E-state index contributed by atoms with van der Waals surface area (Å²) in [5.41, 5.74) is 12.9. The second-order valence-electron chi connectivity index (χ2n) is 20.7. The van der Waals surface area contributed by atoms with E-state index in [4.69, 9.17) is 9.72 Å². The van der Waals surface area contributed by atoms with Crippen LogP contribution in [0.4, 0.5) is 22.7 Å². The number of benzene rings is 6. The van der Waals surface area contributed by atoms with E-state index in [0.29, 0.717) is 6.67 Å². The standard InChI is InChI=1S/C57H60N4O/c1-54(2,3)39-27-28-49-50(32-39)60(37-59(49)42-22-17-21-41(31-42)57(10,11)38-19-13-12-14-20-38)43-23-18-24-44(34-43)62-45-35-47(56(7,8)9)53-46-25-15-16-26-48(46)61(51(53)36-45)52-33-40(29-30-58-52)55(4,5)6/h12-36H,37H2,1-11H3. The Labute approximate surface area is 368 Å². The van der Waals surface area contributed by atoms with Crippen LogP contribution in [0, 0.1) is 0 Å². The summed E-state index contributed by atoms with van der Waals surface area (Å²) in [7, 11) is 0. The maximum atomic E-state index is 6.99. The molecule has 0 spiro atoms. The molecule has 0 atom stereocenters. The molecule has 1 aliphatic rings. The van der Waals surface area contributed by atoms with E-state index in [2.05, 4.69) is 236 Å². The van der Waals surface area contributed by atoms with E-state index in [1.807, 2.05) is 6.20 Å². The van der Waals surface area contributed by atoms with Crippen LogP contribution in [-0.2, 0) is 21.7 Å². The lowest BCUT2D eigenvalue weighted by molar-refractivity contribution is 0.480. The van der Waals surface area contributed by atoms with Crippen LogP contribution >= 0.6 is 0 Å². The molecule has 62 heavy (non-hydrogen) atoms. The molecule has 0 N–H and O–H groups in total. The highest BCUT2D eigenvalue weighted by atomic mass is 16.5. The van der Waals surface area contributed by atoms with Crippen molar-refractivity contribution >= 4 is 44.6 Å². The van der Waals surface area contributed by atoms with Crippen LogP contribution in [0.5, 0.6) is 11.5 Å².